The van der Waals surface area contributed by atoms with Crippen molar-refractivity contribution in [1.29, 1.82) is 0 Å². The zero-order valence-electron chi connectivity index (χ0n) is 34.6. The van der Waals surface area contributed by atoms with Crippen LogP contribution in [0.25, 0.3) is 0 Å². The van der Waals surface area contributed by atoms with E-state index in [4.69, 9.17) is 26.0 Å². The van der Waals surface area contributed by atoms with Crippen LogP contribution in [0.1, 0.15) is 171 Å². The van der Waals surface area contributed by atoms with Crippen LogP contribution < -0.4 is 11.5 Å². The summed E-state index contributed by atoms with van der Waals surface area (Å²) in [6.45, 7) is 19.7. The molecule has 0 saturated heterocycles. The van der Waals surface area contributed by atoms with Crippen molar-refractivity contribution in [3.05, 3.63) is 46.6 Å². The summed E-state index contributed by atoms with van der Waals surface area (Å²) in [6.07, 6.45) is 9.49. The first-order valence-corrected chi connectivity index (χ1v) is 19.1. The highest BCUT2D eigenvalue weighted by Crippen LogP contribution is 2.67. The van der Waals surface area contributed by atoms with Crippen LogP contribution in [-0.2, 0) is 34.7 Å². The van der Waals surface area contributed by atoms with E-state index in [0.29, 0.717) is 23.2 Å². The Morgan fingerprint density at radius 2 is 1.12 bits per heavy atom. The smallest absolute Gasteiger partial charge is 0.358 e. The first kappa shape index (κ1) is 50.5. The number of carbonyl (C=O) groups is 5. The lowest BCUT2D eigenvalue weighted by Crippen LogP contribution is -2.37. The number of hydrogen-bond acceptors (Lipinski definition) is 13. The third kappa shape index (κ3) is 7.30. The van der Waals surface area contributed by atoms with E-state index in [1.807, 2.05) is 20.8 Å². The summed E-state index contributed by atoms with van der Waals surface area (Å²) in [5, 5.41) is 7.98. The number of halogens is 1. The number of Topliss-reactive ketones (excluding diaryl/α,β-unsaturated/α-hetero) is 2. The SMILES string of the molecule is Br.C.C.CC12CCC(C(=O)C1=O)C2(C)C.COC(=O)c1cnc2c(n1)C1(C)CCC2C1(C)C.COC(=O)c1cnc2c(n1)C1CCC2(C)C1(C)C.NCC(N)C(=O)O. The molecule has 8 rings (SSSR count). The van der Waals surface area contributed by atoms with Crippen LogP contribution in [0.3, 0.4) is 0 Å². The fourth-order valence-corrected chi connectivity index (χ4v) is 10.2. The molecule has 4 saturated carbocycles. The number of ether oxygens (including phenoxy) is 2. The van der Waals surface area contributed by atoms with Gasteiger partial charge in [0, 0.05) is 40.5 Å². The first-order chi connectivity index (χ1) is 25.4. The molecular weight excluding hydrogens is 808 g/mol. The van der Waals surface area contributed by atoms with Gasteiger partial charge in [-0.2, -0.15) is 0 Å². The summed E-state index contributed by atoms with van der Waals surface area (Å²) in [5.74, 6) is -1.22. The van der Waals surface area contributed by atoms with Gasteiger partial charge in [0.1, 0.15) is 6.04 Å². The number of aliphatic carboxylic acids is 1. The minimum Gasteiger partial charge on any atom is -0.480 e. The second-order valence-electron chi connectivity index (χ2n) is 18.3. The predicted molar refractivity (Wildman–Crippen MR) is 226 cm³/mol. The van der Waals surface area contributed by atoms with Gasteiger partial charge in [-0.3, -0.25) is 24.4 Å². The number of carbonyl (C=O) groups excluding carboxylic acids is 4. The second-order valence-corrected chi connectivity index (χ2v) is 18.3. The Labute approximate surface area is 354 Å². The van der Waals surface area contributed by atoms with Gasteiger partial charge in [-0.25, -0.2) is 19.6 Å². The highest BCUT2D eigenvalue weighted by molar-refractivity contribution is 8.93. The molecule has 324 valence electrons. The number of methoxy groups -OCH3 is 2. The van der Waals surface area contributed by atoms with Crippen LogP contribution >= 0.6 is 17.0 Å². The number of fused-ring (bicyclic) bond motifs is 12. The molecule has 6 aliphatic carbocycles. The molecule has 2 aromatic heterocycles. The third-order valence-electron chi connectivity index (χ3n) is 15.4. The highest BCUT2D eigenvalue weighted by atomic mass is 79.9. The molecule has 5 N–H and O–H groups in total. The van der Waals surface area contributed by atoms with Crippen LogP contribution in [0.2, 0.25) is 0 Å². The van der Waals surface area contributed by atoms with E-state index in [1.165, 1.54) is 20.6 Å². The Kier molecular flexibility index (Phi) is 14.9. The van der Waals surface area contributed by atoms with Crippen LogP contribution in [0.5, 0.6) is 0 Å². The normalized spacial score (nSPS) is 30.1. The van der Waals surface area contributed by atoms with E-state index in [9.17, 15) is 24.0 Å². The Hall–Kier alpha value is -3.69. The number of aromatic nitrogens is 4. The first-order valence-electron chi connectivity index (χ1n) is 19.1. The molecule has 6 aliphatic rings. The number of nitrogens with zero attached hydrogens (tertiary/aromatic N) is 4. The summed E-state index contributed by atoms with van der Waals surface area (Å²) in [5.41, 5.74) is 14.6. The van der Waals surface area contributed by atoms with Crippen molar-refractivity contribution < 1.29 is 38.6 Å². The summed E-state index contributed by atoms with van der Waals surface area (Å²) < 4.78 is 9.43. The van der Waals surface area contributed by atoms with Crippen molar-refractivity contribution in [1.82, 2.24) is 19.9 Å². The van der Waals surface area contributed by atoms with Crippen molar-refractivity contribution in [3.63, 3.8) is 0 Å². The maximum absolute atomic E-state index is 11.6. The standard InChI is InChI=1S/2C14H18N2O2.C10H14O2.C3H8N2O2.2CH4.BrH/c1-13(2)8-5-6-14(13,3)11-10(8)16-9(7-15-11)12(17)18-4;1-13(2)8-5-6-14(13,3)11-10(8)15-7-9(16-11)12(17)18-4;1-9(2)6-4-5-10(9,3)8(12)7(6)11;4-1-2(5)3(6)7;;;/h2*7-8H,5-6H2,1-4H3;6H,4-5H2,1-3H3;2H,1,4-5H2,(H,6,7);2*1H4;1H. The summed E-state index contributed by atoms with van der Waals surface area (Å²) in [4.78, 5) is 73.9. The number of carboxylic acids is 1. The minimum absolute atomic E-state index is 0. The monoisotopic (exact) mass is 874 g/mol. The molecule has 4 fully saturated rings. The molecule has 7 unspecified atom stereocenters. The molecule has 0 amide bonds. The zero-order chi connectivity index (χ0) is 41.3. The van der Waals surface area contributed by atoms with E-state index in [2.05, 4.69) is 61.5 Å². The van der Waals surface area contributed by atoms with Crippen LogP contribution in [-0.4, -0.2) is 81.3 Å². The van der Waals surface area contributed by atoms with Crippen LogP contribution in [0.15, 0.2) is 12.4 Å². The lowest BCUT2D eigenvalue weighted by atomic mass is 9.70. The van der Waals surface area contributed by atoms with Gasteiger partial charge in [-0.15, -0.1) is 17.0 Å². The van der Waals surface area contributed by atoms with Crippen molar-refractivity contribution in [3.8, 4) is 0 Å². The van der Waals surface area contributed by atoms with Gasteiger partial charge in [0.15, 0.2) is 11.4 Å². The maximum Gasteiger partial charge on any atom is 0.358 e. The van der Waals surface area contributed by atoms with E-state index in [-0.39, 0.29) is 88.4 Å². The van der Waals surface area contributed by atoms with E-state index in [0.717, 1.165) is 54.9 Å². The van der Waals surface area contributed by atoms with Gasteiger partial charge >= 0.3 is 17.9 Å². The molecule has 0 spiro atoms. The molecule has 0 radical (unpaired) electrons. The fourth-order valence-electron chi connectivity index (χ4n) is 10.2. The van der Waals surface area contributed by atoms with E-state index < -0.39 is 23.9 Å². The van der Waals surface area contributed by atoms with Crippen molar-refractivity contribution in [2.75, 3.05) is 20.8 Å². The van der Waals surface area contributed by atoms with E-state index >= 15 is 0 Å². The van der Waals surface area contributed by atoms with Gasteiger partial charge in [-0.1, -0.05) is 77.2 Å². The molecule has 7 atom stereocenters. The molecule has 15 heteroatoms. The largest absolute Gasteiger partial charge is 0.480 e. The van der Waals surface area contributed by atoms with Crippen molar-refractivity contribution in [2.45, 2.75) is 144 Å². The number of ketones is 2. The van der Waals surface area contributed by atoms with Gasteiger partial charge in [0.25, 0.3) is 0 Å². The van der Waals surface area contributed by atoms with Crippen LogP contribution in [0, 0.1) is 27.6 Å². The summed E-state index contributed by atoms with van der Waals surface area (Å²) in [6, 6.07) is -0.903. The minimum atomic E-state index is -1.05. The Balaban J connectivity index is 0.000000275. The van der Waals surface area contributed by atoms with Crippen LogP contribution in [0.4, 0.5) is 0 Å². The zero-order valence-corrected chi connectivity index (χ0v) is 36.3. The van der Waals surface area contributed by atoms with Crippen molar-refractivity contribution in [2.24, 2.45) is 39.0 Å². The Bertz CT molecular complexity index is 1930. The summed E-state index contributed by atoms with van der Waals surface area (Å²) in [7, 11) is 2.74. The summed E-state index contributed by atoms with van der Waals surface area (Å²) >= 11 is 0. The highest BCUT2D eigenvalue weighted by Gasteiger charge is 2.66. The number of hydrogen-bond donors (Lipinski definition) is 3. The number of carboxylic acid groups (broad SMARTS) is 1. The maximum atomic E-state index is 11.6. The number of nitrogens with two attached hydrogens (primary N) is 2. The molecule has 58 heavy (non-hydrogen) atoms. The van der Waals surface area contributed by atoms with Crippen molar-refractivity contribution >= 4 is 46.5 Å². The third-order valence-corrected chi connectivity index (χ3v) is 15.4. The molecule has 14 nitrogen and oxygen atoms in total. The molecule has 0 aromatic carbocycles. The topological polar surface area (TPSA) is 228 Å². The van der Waals surface area contributed by atoms with Gasteiger partial charge < -0.3 is 26.0 Å². The lowest BCUT2D eigenvalue weighted by molar-refractivity contribution is -0.141. The average Bonchev–Trinajstić information content (AvgIpc) is 3.78. The quantitative estimate of drug-likeness (QED) is 0.216. The molecule has 0 aliphatic heterocycles. The predicted octanol–water partition coefficient (Wildman–Crippen LogP) is 6.66. The molecule has 2 heterocycles. The van der Waals surface area contributed by atoms with Gasteiger partial charge in [-0.05, 0) is 54.8 Å². The average molecular weight is 876 g/mol. The Morgan fingerprint density at radius 1 is 0.707 bits per heavy atom. The fraction of sp³-hybridized carbons (Fsp3) is 0.698. The molecule has 6 bridgehead atoms. The second kappa shape index (κ2) is 17.1. The lowest BCUT2D eigenvalue weighted by Gasteiger charge is -2.34. The van der Waals surface area contributed by atoms with Gasteiger partial charge in [0.2, 0.25) is 11.6 Å². The number of esters is 2. The van der Waals surface area contributed by atoms with Gasteiger partial charge in [0.05, 0.1) is 49.4 Å². The Morgan fingerprint density at radius 3 is 1.52 bits per heavy atom. The number of rotatable bonds is 4. The van der Waals surface area contributed by atoms with E-state index in [1.54, 1.807) is 12.4 Å². The molecular formula is C43H67BrN6O8. The molecule has 2 aromatic rings.